The molecule has 5 nitrogen and oxygen atoms in total. The van der Waals surface area contributed by atoms with Gasteiger partial charge in [0.1, 0.15) is 6.04 Å². The first-order valence-corrected chi connectivity index (χ1v) is 4.72. The zero-order valence-corrected chi connectivity index (χ0v) is 8.91. The number of carbonyl (C=O) groups is 2. The average molecular weight is 199 g/mol. The molecule has 1 aliphatic rings. The van der Waals surface area contributed by atoms with Gasteiger partial charge in [-0.1, -0.05) is 0 Å². The van der Waals surface area contributed by atoms with Gasteiger partial charge in [-0.15, -0.1) is 0 Å². The van der Waals surface area contributed by atoms with Gasteiger partial charge in [-0.3, -0.25) is 9.59 Å². The molecule has 0 aromatic carbocycles. The van der Waals surface area contributed by atoms with E-state index in [0.717, 1.165) is 0 Å². The molecular weight excluding hydrogens is 182 g/mol. The molecule has 1 rings (SSSR count). The van der Waals surface area contributed by atoms with Crippen molar-refractivity contribution in [3.63, 3.8) is 0 Å². The number of hydrogen-bond donors (Lipinski definition) is 1. The lowest BCUT2D eigenvalue weighted by Crippen LogP contribution is -2.57. The molecule has 1 atom stereocenters. The van der Waals surface area contributed by atoms with Gasteiger partial charge in [-0.25, -0.2) is 0 Å². The SMILES string of the molecule is CC(=O)N1CCN[C@H](C(=O)N(C)C)C1. The fraction of sp³-hybridized carbons (Fsp3) is 0.778. The number of likely N-dealkylation sites (N-methyl/N-ethyl adjacent to an activating group) is 1. The molecule has 1 N–H and O–H groups in total. The summed E-state index contributed by atoms with van der Waals surface area (Å²) in [6.45, 7) is 3.38. The topological polar surface area (TPSA) is 52.7 Å². The quantitative estimate of drug-likeness (QED) is 0.583. The van der Waals surface area contributed by atoms with Gasteiger partial charge in [-0.2, -0.15) is 0 Å². The lowest BCUT2D eigenvalue weighted by Gasteiger charge is -2.33. The Bertz CT molecular complexity index is 240. The van der Waals surface area contributed by atoms with Gasteiger partial charge in [-0.05, 0) is 0 Å². The summed E-state index contributed by atoms with van der Waals surface area (Å²) < 4.78 is 0. The Kier molecular flexibility index (Phi) is 3.46. The first-order valence-electron chi connectivity index (χ1n) is 4.72. The molecule has 0 bridgehead atoms. The van der Waals surface area contributed by atoms with Crippen molar-refractivity contribution in [3.05, 3.63) is 0 Å². The van der Waals surface area contributed by atoms with Crippen LogP contribution in [-0.2, 0) is 9.59 Å². The molecule has 0 unspecified atom stereocenters. The number of carbonyl (C=O) groups excluding carboxylic acids is 2. The van der Waals surface area contributed by atoms with Crippen molar-refractivity contribution in [1.82, 2.24) is 15.1 Å². The largest absolute Gasteiger partial charge is 0.347 e. The van der Waals surface area contributed by atoms with E-state index in [-0.39, 0.29) is 17.9 Å². The summed E-state index contributed by atoms with van der Waals surface area (Å²) in [5.41, 5.74) is 0. The number of rotatable bonds is 1. The summed E-state index contributed by atoms with van der Waals surface area (Å²) >= 11 is 0. The van der Waals surface area contributed by atoms with Crippen molar-refractivity contribution in [1.29, 1.82) is 0 Å². The van der Waals surface area contributed by atoms with Crippen molar-refractivity contribution < 1.29 is 9.59 Å². The standard InChI is InChI=1S/C9H17N3O2/c1-7(13)12-5-4-10-8(6-12)9(14)11(2)3/h8,10H,4-6H2,1-3H3/t8-/m0/s1. The maximum atomic E-state index is 11.6. The smallest absolute Gasteiger partial charge is 0.241 e. The van der Waals surface area contributed by atoms with E-state index in [1.807, 2.05) is 0 Å². The molecule has 1 saturated heterocycles. The maximum absolute atomic E-state index is 11.6. The van der Waals surface area contributed by atoms with Crippen LogP contribution in [-0.4, -0.2) is 61.4 Å². The molecule has 1 aliphatic heterocycles. The molecule has 1 heterocycles. The summed E-state index contributed by atoms with van der Waals surface area (Å²) in [6.07, 6.45) is 0. The summed E-state index contributed by atoms with van der Waals surface area (Å²) in [4.78, 5) is 25.9. The molecule has 0 spiro atoms. The van der Waals surface area contributed by atoms with E-state index in [9.17, 15) is 9.59 Å². The van der Waals surface area contributed by atoms with Crippen LogP contribution in [0, 0.1) is 0 Å². The van der Waals surface area contributed by atoms with Gasteiger partial charge in [0.15, 0.2) is 0 Å². The van der Waals surface area contributed by atoms with Gasteiger partial charge >= 0.3 is 0 Å². The van der Waals surface area contributed by atoms with Crippen molar-refractivity contribution in [2.24, 2.45) is 0 Å². The van der Waals surface area contributed by atoms with Crippen molar-refractivity contribution in [2.75, 3.05) is 33.7 Å². The lowest BCUT2D eigenvalue weighted by atomic mass is 10.2. The predicted molar refractivity (Wildman–Crippen MR) is 52.7 cm³/mol. The summed E-state index contributed by atoms with van der Waals surface area (Å²) in [5, 5.41) is 3.10. The Morgan fingerprint density at radius 2 is 2.07 bits per heavy atom. The van der Waals surface area contributed by atoms with E-state index in [4.69, 9.17) is 0 Å². The number of amides is 2. The Morgan fingerprint density at radius 1 is 1.43 bits per heavy atom. The summed E-state index contributed by atoms with van der Waals surface area (Å²) in [6, 6.07) is -0.248. The fourth-order valence-electron chi connectivity index (χ4n) is 1.51. The normalized spacial score (nSPS) is 21.9. The number of nitrogens with one attached hydrogen (secondary N) is 1. The second-order valence-corrected chi connectivity index (χ2v) is 3.70. The molecule has 14 heavy (non-hydrogen) atoms. The molecule has 5 heteroatoms. The zero-order chi connectivity index (χ0) is 10.7. The third-order valence-electron chi connectivity index (χ3n) is 2.36. The average Bonchev–Trinajstić information content (AvgIpc) is 2.16. The second-order valence-electron chi connectivity index (χ2n) is 3.70. The number of nitrogens with zero attached hydrogens (tertiary/aromatic N) is 2. The monoisotopic (exact) mass is 199 g/mol. The van der Waals surface area contributed by atoms with Gasteiger partial charge in [0.2, 0.25) is 11.8 Å². The predicted octanol–water partition coefficient (Wildman–Crippen LogP) is -1.11. The van der Waals surface area contributed by atoms with Gasteiger partial charge in [0.25, 0.3) is 0 Å². The minimum absolute atomic E-state index is 0.0240. The Morgan fingerprint density at radius 3 is 2.57 bits per heavy atom. The van der Waals surface area contributed by atoms with Crippen LogP contribution >= 0.6 is 0 Å². The molecule has 0 saturated carbocycles. The molecule has 0 aliphatic carbocycles. The van der Waals surface area contributed by atoms with E-state index in [1.165, 1.54) is 6.92 Å². The third kappa shape index (κ3) is 2.45. The van der Waals surface area contributed by atoms with Crippen LogP contribution in [0.5, 0.6) is 0 Å². The highest BCUT2D eigenvalue weighted by molar-refractivity contribution is 5.83. The second kappa shape index (κ2) is 4.41. The number of hydrogen-bond acceptors (Lipinski definition) is 3. The Balaban J connectivity index is 2.56. The Labute approximate surface area is 84.0 Å². The van der Waals surface area contributed by atoms with E-state index in [2.05, 4.69) is 5.32 Å². The van der Waals surface area contributed by atoms with Crippen LogP contribution in [0.15, 0.2) is 0 Å². The minimum atomic E-state index is -0.248. The van der Waals surface area contributed by atoms with E-state index < -0.39 is 0 Å². The molecule has 1 fully saturated rings. The van der Waals surface area contributed by atoms with E-state index in [1.54, 1.807) is 23.9 Å². The molecule has 80 valence electrons. The van der Waals surface area contributed by atoms with Gasteiger partial charge in [0, 0.05) is 40.7 Å². The number of piperazine rings is 1. The molecule has 0 radical (unpaired) electrons. The Hall–Kier alpha value is -1.10. The van der Waals surface area contributed by atoms with Crippen LogP contribution in [0.3, 0.4) is 0 Å². The highest BCUT2D eigenvalue weighted by Gasteiger charge is 2.27. The van der Waals surface area contributed by atoms with Crippen molar-refractivity contribution in [3.8, 4) is 0 Å². The van der Waals surface area contributed by atoms with Crippen LogP contribution in [0.25, 0.3) is 0 Å². The fourth-order valence-corrected chi connectivity index (χ4v) is 1.51. The van der Waals surface area contributed by atoms with E-state index in [0.29, 0.717) is 19.6 Å². The highest BCUT2D eigenvalue weighted by atomic mass is 16.2. The maximum Gasteiger partial charge on any atom is 0.241 e. The van der Waals surface area contributed by atoms with Crippen LogP contribution in [0.4, 0.5) is 0 Å². The summed E-state index contributed by atoms with van der Waals surface area (Å²) in [5.74, 6) is 0.0546. The first kappa shape index (κ1) is 11.0. The molecule has 2 amide bonds. The van der Waals surface area contributed by atoms with Crippen molar-refractivity contribution in [2.45, 2.75) is 13.0 Å². The summed E-state index contributed by atoms with van der Waals surface area (Å²) in [7, 11) is 3.44. The lowest BCUT2D eigenvalue weighted by molar-refractivity contribution is -0.135. The molecule has 0 aromatic rings. The zero-order valence-electron chi connectivity index (χ0n) is 8.91. The molecular formula is C9H17N3O2. The molecule has 0 aromatic heterocycles. The van der Waals surface area contributed by atoms with Crippen molar-refractivity contribution >= 4 is 11.8 Å². The third-order valence-corrected chi connectivity index (χ3v) is 2.36. The highest BCUT2D eigenvalue weighted by Crippen LogP contribution is 2.01. The first-order chi connectivity index (χ1) is 6.52. The van der Waals surface area contributed by atoms with Crippen LogP contribution in [0.2, 0.25) is 0 Å². The van der Waals surface area contributed by atoms with Crippen LogP contribution < -0.4 is 5.32 Å². The van der Waals surface area contributed by atoms with Gasteiger partial charge in [0.05, 0.1) is 0 Å². The van der Waals surface area contributed by atoms with E-state index >= 15 is 0 Å². The van der Waals surface area contributed by atoms with Gasteiger partial charge < -0.3 is 15.1 Å². The van der Waals surface area contributed by atoms with Crippen LogP contribution in [0.1, 0.15) is 6.92 Å². The minimum Gasteiger partial charge on any atom is -0.347 e.